The van der Waals surface area contributed by atoms with Crippen molar-refractivity contribution in [2.45, 2.75) is 28.8 Å². The van der Waals surface area contributed by atoms with Crippen LogP contribution in [0.1, 0.15) is 12.5 Å². The van der Waals surface area contributed by atoms with Gasteiger partial charge in [-0.25, -0.2) is 12.8 Å². The topological polar surface area (TPSA) is 125 Å². The highest BCUT2D eigenvalue weighted by Gasteiger charge is 2.28. The zero-order chi connectivity index (χ0) is 30.0. The fraction of sp³-hybridized carbons (Fsp3) is 0.276. The molecule has 2 aliphatic heterocycles. The first kappa shape index (κ1) is 29.1. The number of rotatable bonds is 9. The van der Waals surface area contributed by atoms with Crippen molar-refractivity contribution in [2.24, 2.45) is 0 Å². The number of aromatic nitrogens is 3. The fourth-order valence-corrected chi connectivity index (χ4v) is 6.97. The number of fused-ring (bicyclic) bond motifs is 1. The molecule has 4 aromatic rings. The summed E-state index contributed by atoms with van der Waals surface area (Å²) in [4.78, 5) is 13.3. The van der Waals surface area contributed by atoms with Gasteiger partial charge in [0.15, 0.2) is 22.5 Å². The Morgan fingerprint density at radius 3 is 2.58 bits per heavy atom. The number of halogens is 1. The van der Waals surface area contributed by atoms with Crippen molar-refractivity contribution >= 4 is 33.4 Å². The lowest BCUT2D eigenvalue weighted by atomic mass is 10.2. The Balaban J connectivity index is 1.28. The van der Waals surface area contributed by atoms with Gasteiger partial charge < -0.3 is 19.5 Å². The van der Waals surface area contributed by atoms with E-state index in [1.54, 1.807) is 66.1 Å². The molecular weight excluding hydrogens is 597 g/mol. The maximum atomic E-state index is 13.6. The molecule has 1 N–H and O–H groups in total. The van der Waals surface area contributed by atoms with Crippen LogP contribution >= 0.6 is 11.8 Å². The molecule has 0 radical (unpaired) electrons. The van der Waals surface area contributed by atoms with Gasteiger partial charge >= 0.3 is 0 Å². The average molecular weight is 626 g/mol. The predicted octanol–water partition coefficient (Wildman–Crippen LogP) is 4.00. The van der Waals surface area contributed by atoms with Crippen LogP contribution in [0.15, 0.2) is 76.8 Å². The van der Waals surface area contributed by atoms with Crippen molar-refractivity contribution in [1.82, 2.24) is 19.1 Å². The molecule has 0 saturated carbocycles. The first-order chi connectivity index (χ1) is 20.8. The first-order valence-corrected chi connectivity index (χ1v) is 15.8. The van der Waals surface area contributed by atoms with E-state index in [2.05, 4.69) is 15.5 Å². The first-order valence-electron chi connectivity index (χ1n) is 13.5. The van der Waals surface area contributed by atoms with Crippen LogP contribution in [0.5, 0.6) is 11.5 Å². The Bertz CT molecular complexity index is 1740. The lowest BCUT2D eigenvalue weighted by Crippen LogP contribution is -2.40. The van der Waals surface area contributed by atoms with Crippen LogP contribution < -0.4 is 14.8 Å². The largest absolute Gasteiger partial charge is 0.454 e. The zero-order valence-corrected chi connectivity index (χ0v) is 24.7. The van der Waals surface area contributed by atoms with Gasteiger partial charge in [0.25, 0.3) is 0 Å². The predicted molar refractivity (Wildman–Crippen MR) is 157 cm³/mol. The Morgan fingerprint density at radius 1 is 1.02 bits per heavy atom. The summed E-state index contributed by atoms with van der Waals surface area (Å²) in [5, 5.41) is 11.5. The third kappa shape index (κ3) is 6.37. The van der Waals surface area contributed by atoms with Gasteiger partial charge in [0.2, 0.25) is 22.7 Å². The Hall–Kier alpha value is -3.98. The summed E-state index contributed by atoms with van der Waals surface area (Å²) in [6.07, 6.45) is 0. The van der Waals surface area contributed by atoms with Crippen LogP contribution in [0.4, 0.5) is 10.1 Å². The van der Waals surface area contributed by atoms with Crippen LogP contribution in [0.3, 0.4) is 0 Å². The third-order valence-electron chi connectivity index (χ3n) is 6.96. The Kier molecular flexibility index (Phi) is 8.34. The normalized spacial score (nSPS) is 15.8. The molecule has 3 heterocycles. The number of benzene rings is 3. The summed E-state index contributed by atoms with van der Waals surface area (Å²) in [6.45, 7) is 3.38. The van der Waals surface area contributed by atoms with Gasteiger partial charge in [0.05, 0.1) is 29.9 Å². The maximum absolute atomic E-state index is 13.6. The molecule has 0 spiro atoms. The van der Waals surface area contributed by atoms with Crippen LogP contribution in [0.25, 0.3) is 11.4 Å². The van der Waals surface area contributed by atoms with E-state index < -0.39 is 15.3 Å². The molecule has 2 aliphatic rings. The van der Waals surface area contributed by atoms with E-state index in [-0.39, 0.29) is 43.0 Å². The van der Waals surface area contributed by atoms with E-state index in [9.17, 15) is 17.6 Å². The molecule has 1 amide bonds. The number of sulfonamides is 1. The second kappa shape index (κ2) is 12.3. The van der Waals surface area contributed by atoms with E-state index in [0.29, 0.717) is 46.9 Å². The van der Waals surface area contributed by atoms with Gasteiger partial charge in [-0.1, -0.05) is 36.0 Å². The van der Waals surface area contributed by atoms with Crippen LogP contribution in [0, 0.1) is 5.82 Å². The molecule has 14 heteroatoms. The van der Waals surface area contributed by atoms with Gasteiger partial charge in [0.1, 0.15) is 5.82 Å². The highest BCUT2D eigenvalue weighted by Crippen LogP contribution is 2.35. The van der Waals surface area contributed by atoms with E-state index in [1.165, 1.54) is 28.2 Å². The molecule has 11 nitrogen and oxygen atoms in total. The molecule has 224 valence electrons. The molecule has 1 aromatic heterocycles. The quantitative estimate of drug-likeness (QED) is 0.275. The number of amides is 1. The van der Waals surface area contributed by atoms with Gasteiger partial charge in [-0.2, -0.15) is 4.31 Å². The lowest BCUT2D eigenvalue weighted by Gasteiger charge is -2.26. The monoisotopic (exact) mass is 625 g/mol. The van der Waals surface area contributed by atoms with Gasteiger partial charge in [-0.3, -0.25) is 9.36 Å². The van der Waals surface area contributed by atoms with Crippen molar-refractivity contribution in [3.05, 3.63) is 78.1 Å². The minimum atomic E-state index is -3.75. The standard InChI is InChI=1S/C29H28FN5O6S2/c1-19(28(36)31-23-9-10-25-26(16-23)41-18-40-25)42-29-33-32-27(35(29)17-20-5-7-22(30)8-6-20)21-3-2-4-24(15-21)43(37,38)34-11-13-39-14-12-34/h2-10,15-16,19H,11-14,17-18H2,1H3,(H,31,36)/t19-/m1/s1. The average Bonchev–Trinajstić information content (AvgIpc) is 3.65. The minimum absolute atomic E-state index is 0.132. The van der Waals surface area contributed by atoms with Gasteiger partial charge in [-0.15, -0.1) is 10.2 Å². The number of ether oxygens (including phenoxy) is 3. The number of carbonyl (C=O) groups is 1. The van der Waals surface area contributed by atoms with Crippen molar-refractivity contribution in [3.63, 3.8) is 0 Å². The second-order valence-electron chi connectivity index (χ2n) is 9.88. The van der Waals surface area contributed by atoms with Crippen molar-refractivity contribution in [1.29, 1.82) is 0 Å². The van der Waals surface area contributed by atoms with E-state index >= 15 is 0 Å². The van der Waals surface area contributed by atoms with Crippen LogP contribution in [-0.4, -0.2) is 71.7 Å². The number of nitrogens with one attached hydrogen (secondary N) is 1. The number of nitrogens with zero attached hydrogens (tertiary/aromatic N) is 4. The summed E-state index contributed by atoms with van der Waals surface area (Å²) in [5.74, 6) is 0.954. The summed E-state index contributed by atoms with van der Waals surface area (Å²) in [6, 6.07) is 17.7. The number of thioether (sulfide) groups is 1. The molecule has 0 unspecified atom stereocenters. The molecule has 43 heavy (non-hydrogen) atoms. The summed E-state index contributed by atoms with van der Waals surface area (Å²) in [7, 11) is -3.75. The van der Waals surface area contributed by atoms with Crippen molar-refractivity contribution < 1.29 is 31.8 Å². The lowest BCUT2D eigenvalue weighted by molar-refractivity contribution is -0.115. The van der Waals surface area contributed by atoms with Crippen LogP contribution in [-0.2, 0) is 26.1 Å². The molecule has 6 rings (SSSR count). The van der Waals surface area contributed by atoms with Gasteiger partial charge in [0, 0.05) is 30.4 Å². The maximum Gasteiger partial charge on any atom is 0.243 e. The molecule has 1 fully saturated rings. The highest BCUT2D eigenvalue weighted by molar-refractivity contribution is 8.00. The smallest absolute Gasteiger partial charge is 0.243 e. The van der Waals surface area contributed by atoms with E-state index in [4.69, 9.17) is 14.2 Å². The molecule has 1 saturated heterocycles. The number of hydrogen-bond acceptors (Lipinski definition) is 9. The molecule has 0 aliphatic carbocycles. The SMILES string of the molecule is C[C@@H](Sc1nnc(-c2cccc(S(=O)(=O)N3CCOCC3)c2)n1Cc1ccc(F)cc1)C(=O)Nc1ccc2c(c1)OCO2. The van der Waals surface area contributed by atoms with E-state index in [0.717, 1.165) is 5.56 Å². The van der Waals surface area contributed by atoms with Crippen LogP contribution in [0.2, 0.25) is 0 Å². The second-order valence-corrected chi connectivity index (χ2v) is 13.1. The third-order valence-corrected chi connectivity index (χ3v) is 9.94. The van der Waals surface area contributed by atoms with E-state index in [1.807, 2.05) is 0 Å². The molecule has 1 atom stereocenters. The zero-order valence-electron chi connectivity index (χ0n) is 23.1. The fourth-order valence-electron chi connectivity index (χ4n) is 4.67. The minimum Gasteiger partial charge on any atom is -0.454 e. The number of morpholine rings is 1. The van der Waals surface area contributed by atoms with Crippen molar-refractivity contribution in [2.75, 3.05) is 38.4 Å². The Labute approximate surface area is 252 Å². The number of anilines is 1. The molecular formula is C29H28FN5O6S2. The molecule has 3 aromatic carbocycles. The summed E-state index contributed by atoms with van der Waals surface area (Å²) < 4.78 is 59.6. The Morgan fingerprint density at radius 2 is 1.79 bits per heavy atom. The summed E-state index contributed by atoms with van der Waals surface area (Å²) >= 11 is 1.20. The highest BCUT2D eigenvalue weighted by atomic mass is 32.2. The van der Waals surface area contributed by atoms with Crippen molar-refractivity contribution in [3.8, 4) is 22.9 Å². The number of carbonyl (C=O) groups excluding carboxylic acids is 1. The molecule has 0 bridgehead atoms. The summed E-state index contributed by atoms with van der Waals surface area (Å²) in [5.41, 5.74) is 1.88. The number of hydrogen-bond donors (Lipinski definition) is 1. The van der Waals surface area contributed by atoms with Gasteiger partial charge in [-0.05, 0) is 48.9 Å².